The molecule has 3 nitrogen and oxygen atoms in total. The molecule has 1 rings (SSSR count). The second kappa shape index (κ2) is 5.81. The Morgan fingerprint density at radius 1 is 1.47 bits per heavy atom. The Morgan fingerprint density at radius 2 is 2.18 bits per heavy atom. The van der Waals surface area contributed by atoms with Gasteiger partial charge >= 0.3 is 6.18 Å². The number of aromatic nitrogens is 1. The normalized spacial score (nSPS) is 11.2. The van der Waals surface area contributed by atoms with Crippen molar-refractivity contribution in [1.29, 1.82) is 0 Å². The molecule has 0 aliphatic rings. The van der Waals surface area contributed by atoms with Crippen molar-refractivity contribution in [2.75, 3.05) is 6.61 Å². The van der Waals surface area contributed by atoms with Gasteiger partial charge in [0.1, 0.15) is 16.4 Å². The van der Waals surface area contributed by atoms with Gasteiger partial charge in [-0.3, -0.25) is 4.98 Å². The van der Waals surface area contributed by atoms with Crippen molar-refractivity contribution in [1.82, 2.24) is 4.98 Å². The molecule has 7 heteroatoms. The van der Waals surface area contributed by atoms with Crippen LogP contribution in [0.15, 0.2) is 18.3 Å². The summed E-state index contributed by atoms with van der Waals surface area (Å²) in [7, 11) is 0. The summed E-state index contributed by atoms with van der Waals surface area (Å²) < 4.78 is 40.7. The van der Waals surface area contributed by atoms with Crippen LogP contribution in [0, 0.1) is 0 Å². The van der Waals surface area contributed by atoms with Gasteiger partial charge in [-0.15, -0.1) is 0 Å². The van der Waals surface area contributed by atoms with Gasteiger partial charge in [0.05, 0.1) is 6.61 Å². The molecule has 0 aliphatic heterocycles. The molecular weight excluding hydrogens is 253 g/mol. The predicted octanol–water partition coefficient (Wildman–Crippen LogP) is 2.44. The molecule has 17 heavy (non-hydrogen) atoms. The number of alkyl halides is 3. The maximum Gasteiger partial charge on any atom is 0.389 e. The van der Waals surface area contributed by atoms with E-state index in [1.54, 1.807) is 0 Å². The number of nitrogens with zero attached hydrogens (tertiary/aromatic N) is 1. The van der Waals surface area contributed by atoms with Crippen LogP contribution < -0.4 is 10.5 Å². The van der Waals surface area contributed by atoms with Gasteiger partial charge < -0.3 is 10.5 Å². The zero-order valence-electron chi connectivity index (χ0n) is 8.83. The molecule has 94 valence electrons. The van der Waals surface area contributed by atoms with Crippen molar-refractivity contribution in [2.45, 2.75) is 19.0 Å². The first-order valence-electron chi connectivity index (χ1n) is 4.84. The summed E-state index contributed by atoms with van der Waals surface area (Å²) in [6.07, 6.45) is -3.66. The summed E-state index contributed by atoms with van der Waals surface area (Å²) >= 11 is 4.72. The smallest absolute Gasteiger partial charge is 0.389 e. The van der Waals surface area contributed by atoms with Crippen LogP contribution in [0.1, 0.15) is 18.5 Å². The van der Waals surface area contributed by atoms with Crippen molar-refractivity contribution < 1.29 is 17.9 Å². The number of hydrogen-bond acceptors (Lipinski definition) is 3. The van der Waals surface area contributed by atoms with Gasteiger partial charge in [0.15, 0.2) is 0 Å². The molecule has 0 atom stereocenters. The largest absolute Gasteiger partial charge is 0.493 e. The second-order valence-electron chi connectivity index (χ2n) is 3.31. The first-order valence-corrected chi connectivity index (χ1v) is 5.25. The monoisotopic (exact) mass is 264 g/mol. The fraction of sp³-hybridized carbons (Fsp3) is 0.400. The minimum absolute atomic E-state index is 0.0136. The SMILES string of the molecule is NC(=S)c1cc(OCCCC(F)(F)F)ccn1. The minimum atomic E-state index is -4.15. The minimum Gasteiger partial charge on any atom is -0.493 e. The van der Waals surface area contributed by atoms with Crippen molar-refractivity contribution >= 4 is 17.2 Å². The molecule has 2 N–H and O–H groups in total. The van der Waals surface area contributed by atoms with Gasteiger partial charge in [0.25, 0.3) is 0 Å². The summed E-state index contributed by atoms with van der Waals surface area (Å²) in [6.45, 7) is -0.0136. The Hall–Kier alpha value is -1.37. The highest BCUT2D eigenvalue weighted by molar-refractivity contribution is 7.80. The Labute approximate surface area is 102 Å². The third-order valence-electron chi connectivity index (χ3n) is 1.86. The first kappa shape index (κ1) is 13.7. The molecule has 0 saturated heterocycles. The van der Waals surface area contributed by atoms with Crippen LogP contribution in [0.3, 0.4) is 0 Å². The Kier molecular flexibility index (Phi) is 4.68. The van der Waals surface area contributed by atoms with E-state index in [-0.39, 0.29) is 18.0 Å². The number of thiocarbonyl (C=S) groups is 1. The first-order chi connectivity index (χ1) is 7.88. The molecule has 1 aromatic rings. The number of nitrogens with two attached hydrogens (primary N) is 1. The van der Waals surface area contributed by atoms with E-state index in [2.05, 4.69) is 4.98 Å². The van der Waals surface area contributed by atoms with Crippen LogP contribution in [0.4, 0.5) is 13.2 Å². The zero-order chi connectivity index (χ0) is 12.9. The molecule has 0 fully saturated rings. The standard InChI is InChI=1S/C10H11F3N2OS/c11-10(12,13)3-1-5-16-7-2-4-15-8(6-7)9(14)17/h2,4,6H,1,3,5H2,(H2,14,17). The fourth-order valence-corrected chi connectivity index (χ4v) is 1.21. The number of halogens is 3. The molecular formula is C10H11F3N2OS. The lowest BCUT2D eigenvalue weighted by Gasteiger charge is -2.08. The van der Waals surface area contributed by atoms with E-state index in [0.29, 0.717) is 11.4 Å². The van der Waals surface area contributed by atoms with Crippen molar-refractivity contribution in [2.24, 2.45) is 5.73 Å². The molecule has 0 aliphatic carbocycles. The van der Waals surface area contributed by atoms with Crippen molar-refractivity contribution in [3.05, 3.63) is 24.0 Å². The summed E-state index contributed by atoms with van der Waals surface area (Å²) in [5.41, 5.74) is 5.74. The van der Waals surface area contributed by atoms with Gasteiger partial charge in [-0.25, -0.2) is 0 Å². The summed E-state index contributed by atoms with van der Waals surface area (Å²) in [6, 6.07) is 3.03. The lowest BCUT2D eigenvalue weighted by molar-refractivity contribution is -0.136. The third kappa shape index (κ3) is 5.48. The van der Waals surface area contributed by atoms with Crippen molar-refractivity contribution in [3.63, 3.8) is 0 Å². The maximum atomic E-state index is 11.9. The highest BCUT2D eigenvalue weighted by Crippen LogP contribution is 2.21. The Morgan fingerprint density at radius 3 is 2.76 bits per heavy atom. The average Bonchev–Trinajstić information content (AvgIpc) is 2.23. The summed E-state index contributed by atoms with van der Waals surface area (Å²) in [5.74, 6) is 0.407. The molecule has 0 saturated carbocycles. The van der Waals surface area contributed by atoms with Crippen LogP contribution in [-0.4, -0.2) is 22.8 Å². The van der Waals surface area contributed by atoms with Crippen LogP contribution in [-0.2, 0) is 0 Å². The quantitative estimate of drug-likeness (QED) is 0.655. The van der Waals surface area contributed by atoms with Gasteiger partial charge in [-0.1, -0.05) is 12.2 Å². The third-order valence-corrected chi connectivity index (χ3v) is 2.07. The summed E-state index contributed by atoms with van der Waals surface area (Å²) in [4.78, 5) is 4.00. The molecule has 0 unspecified atom stereocenters. The molecule has 1 heterocycles. The van der Waals surface area contributed by atoms with Gasteiger partial charge in [-0.2, -0.15) is 13.2 Å². The van der Waals surface area contributed by atoms with Crippen LogP contribution in [0.25, 0.3) is 0 Å². The zero-order valence-corrected chi connectivity index (χ0v) is 9.64. The summed E-state index contributed by atoms with van der Waals surface area (Å²) in [5, 5.41) is 0. The highest BCUT2D eigenvalue weighted by Gasteiger charge is 2.26. The Balaban J connectivity index is 2.42. The van der Waals surface area contributed by atoms with Crippen LogP contribution >= 0.6 is 12.2 Å². The van der Waals surface area contributed by atoms with E-state index in [4.69, 9.17) is 22.7 Å². The van der Waals surface area contributed by atoms with E-state index >= 15 is 0 Å². The Bertz CT molecular complexity index is 395. The number of pyridine rings is 1. The van der Waals surface area contributed by atoms with E-state index in [1.807, 2.05) is 0 Å². The molecule has 0 amide bonds. The van der Waals surface area contributed by atoms with Gasteiger partial charge in [0.2, 0.25) is 0 Å². The topological polar surface area (TPSA) is 48.1 Å². The molecule has 0 bridgehead atoms. The van der Waals surface area contributed by atoms with Crippen LogP contribution in [0.5, 0.6) is 5.75 Å². The van der Waals surface area contributed by atoms with Gasteiger partial charge in [0, 0.05) is 18.7 Å². The molecule has 1 aromatic heterocycles. The van der Waals surface area contributed by atoms with E-state index < -0.39 is 12.6 Å². The molecule has 0 aromatic carbocycles. The van der Waals surface area contributed by atoms with Crippen LogP contribution in [0.2, 0.25) is 0 Å². The number of rotatable bonds is 5. The fourth-order valence-electron chi connectivity index (χ4n) is 1.10. The van der Waals surface area contributed by atoms with Gasteiger partial charge in [-0.05, 0) is 12.5 Å². The molecule has 0 spiro atoms. The van der Waals surface area contributed by atoms with E-state index in [0.717, 1.165) is 0 Å². The van der Waals surface area contributed by atoms with E-state index in [9.17, 15) is 13.2 Å². The predicted molar refractivity (Wildman–Crippen MR) is 60.9 cm³/mol. The van der Waals surface area contributed by atoms with E-state index in [1.165, 1.54) is 18.3 Å². The number of ether oxygens (including phenoxy) is 1. The number of hydrogen-bond donors (Lipinski definition) is 1. The second-order valence-corrected chi connectivity index (χ2v) is 3.75. The molecule has 0 radical (unpaired) electrons. The lowest BCUT2D eigenvalue weighted by atomic mass is 10.3. The maximum absolute atomic E-state index is 11.9. The lowest BCUT2D eigenvalue weighted by Crippen LogP contribution is -2.12. The van der Waals surface area contributed by atoms with Crippen molar-refractivity contribution in [3.8, 4) is 5.75 Å². The highest BCUT2D eigenvalue weighted by atomic mass is 32.1. The average molecular weight is 264 g/mol.